The van der Waals surface area contributed by atoms with Gasteiger partial charge in [0, 0.05) is 70.0 Å². The number of carbonyl (C=O) groups excluding carboxylic acids is 2. The molecule has 0 aromatic rings. The average molecular weight is 1030 g/mol. The number of aliphatic hydroxyl groups is 4. The largest absolute Gasteiger partial charge is 0.462 e. The molecule has 4 aliphatic heterocycles. The van der Waals surface area contributed by atoms with Gasteiger partial charge in [-0.1, -0.05) is 0 Å². The first-order chi connectivity index (χ1) is 31.9. The molecule has 0 aliphatic carbocycles. The van der Waals surface area contributed by atoms with Gasteiger partial charge in [0.2, 0.25) is 0 Å². The van der Waals surface area contributed by atoms with Gasteiger partial charge in [-0.05, 0) is 204 Å². The third-order valence-electron chi connectivity index (χ3n) is 15.3. The normalized spacial score (nSPS) is 26.1. The van der Waals surface area contributed by atoms with Gasteiger partial charge in [0.15, 0.2) is 0 Å². The van der Waals surface area contributed by atoms with Crippen molar-refractivity contribution in [1.29, 1.82) is 0 Å². The minimum absolute atomic E-state index is 0.0631. The Bertz CT molecular complexity index is 1730. The van der Waals surface area contributed by atoms with Crippen molar-refractivity contribution in [1.82, 2.24) is 20.3 Å². The van der Waals surface area contributed by atoms with Crippen molar-refractivity contribution in [3.05, 3.63) is 0 Å². The molecule has 0 spiro atoms. The molecule has 4 N–H and O–H groups in total. The van der Waals surface area contributed by atoms with Crippen molar-refractivity contribution in [3.63, 3.8) is 0 Å². The summed E-state index contributed by atoms with van der Waals surface area (Å²) >= 11 is 0. The van der Waals surface area contributed by atoms with Crippen LogP contribution in [-0.2, 0) is 38.4 Å². The first-order valence-corrected chi connectivity index (χ1v) is 26.9. The van der Waals surface area contributed by atoms with Crippen LogP contribution in [0.1, 0.15) is 224 Å². The van der Waals surface area contributed by atoms with E-state index in [4.69, 9.17) is 28.8 Å². The second-order valence-electron chi connectivity index (χ2n) is 30.4. The number of ether oxygens (including phenoxy) is 2. The van der Waals surface area contributed by atoms with Crippen molar-refractivity contribution in [2.45, 2.75) is 303 Å². The van der Waals surface area contributed by atoms with E-state index in [1.54, 1.807) is 55.4 Å². The Labute approximate surface area is 436 Å². The molecule has 0 aromatic heterocycles. The van der Waals surface area contributed by atoms with Gasteiger partial charge >= 0.3 is 11.9 Å². The number of hydrogen-bond donors (Lipinski definition) is 4. The maximum Gasteiger partial charge on any atom is 0.313 e. The minimum Gasteiger partial charge on any atom is -0.462 e. The molecule has 4 aliphatic rings. The van der Waals surface area contributed by atoms with Crippen molar-refractivity contribution in [2.75, 3.05) is 26.4 Å². The predicted octanol–water partition coefficient (Wildman–Crippen LogP) is 8.84. The molecule has 4 fully saturated rings. The number of esters is 2. The number of hydrogen-bond acceptors (Lipinski definition) is 16. The average Bonchev–Trinajstić information content (AvgIpc) is 3.07. The number of hydroxylamine groups is 8. The quantitative estimate of drug-likeness (QED) is 0.0900. The van der Waals surface area contributed by atoms with E-state index in [0.29, 0.717) is 51.4 Å². The molecule has 0 bridgehead atoms. The second kappa shape index (κ2) is 20.7. The summed E-state index contributed by atoms with van der Waals surface area (Å²) in [5, 5.41) is 50.9. The van der Waals surface area contributed by atoms with Gasteiger partial charge in [0.05, 0.1) is 60.7 Å². The molecule has 16 heteroatoms. The Hall–Kier alpha value is -1.54. The maximum atomic E-state index is 16.5. The minimum atomic E-state index is -1.44. The number of carbonyl (C=O) groups is 2. The molecule has 422 valence electrons. The predicted molar refractivity (Wildman–Crippen MR) is 280 cm³/mol. The van der Waals surface area contributed by atoms with E-state index in [9.17, 15) is 20.4 Å². The fourth-order valence-corrected chi connectivity index (χ4v) is 13.8. The van der Waals surface area contributed by atoms with Gasteiger partial charge < -0.3 is 29.9 Å². The first-order valence-electron chi connectivity index (χ1n) is 26.9. The summed E-state index contributed by atoms with van der Waals surface area (Å²) in [5.41, 5.74) is -10.9. The van der Waals surface area contributed by atoms with Crippen molar-refractivity contribution in [3.8, 4) is 0 Å². The van der Waals surface area contributed by atoms with Crippen LogP contribution < -0.4 is 0 Å². The Morgan fingerprint density at radius 1 is 0.389 bits per heavy atom. The van der Waals surface area contributed by atoms with Gasteiger partial charge in [-0.25, -0.2) is 0 Å². The zero-order valence-electron chi connectivity index (χ0n) is 49.8. The van der Waals surface area contributed by atoms with Crippen LogP contribution in [0.25, 0.3) is 0 Å². The standard InChI is InChI=1S/C56H106N4O12/c1-44(2)25-38(26-45(3,4)57(44)67-34-52(17,18)63)56(39-27-46(5,6)58(47(7,8)28-39)68-35-53(19,20)64,43(62)72-41-31-50(13,14)60(51(15,16)32-41)70-37-55(23,24)66)33-42(61)71-40-29-48(9,10)59(49(11,12)30-40)69-36-54(21,22)65/h38-41,63-66H,25-37H2,1-24H3. The lowest BCUT2D eigenvalue weighted by Crippen LogP contribution is -2.68. The summed E-state index contributed by atoms with van der Waals surface area (Å²) in [6.07, 6.45) is 2.32. The maximum absolute atomic E-state index is 16.5. The molecule has 0 atom stereocenters. The molecule has 0 saturated carbocycles. The fourth-order valence-electron chi connectivity index (χ4n) is 13.8. The zero-order chi connectivity index (χ0) is 55.7. The van der Waals surface area contributed by atoms with E-state index < -0.39 is 108 Å². The van der Waals surface area contributed by atoms with Gasteiger partial charge in [0.1, 0.15) is 12.2 Å². The lowest BCUT2D eigenvalue weighted by molar-refractivity contribution is -0.320. The van der Waals surface area contributed by atoms with Gasteiger partial charge in [-0.15, -0.1) is 0 Å². The van der Waals surface area contributed by atoms with Crippen LogP contribution in [-0.4, -0.2) is 158 Å². The summed E-state index contributed by atoms with van der Waals surface area (Å²) < 4.78 is 13.8. The Balaban J connectivity index is 1.93. The van der Waals surface area contributed by atoms with Crippen molar-refractivity contribution in [2.24, 2.45) is 17.3 Å². The van der Waals surface area contributed by atoms with Gasteiger partial charge in [-0.3, -0.25) is 28.9 Å². The molecule has 16 nitrogen and oxygen atoms in total. The number of rotatable bonds is 19. The number of nitrogens with zero attached hydrogens (tertiary/aromatic N) is 4. The van der Waals surface area contributed by atoms with Crippen LogP contribution in [0.15, 0.2) is 0 Å². The molecule has 0 unspecified atom stereocenters. The van der Waals surface area contributed by atoms with Crippen LogP contribution in [0.5, 0.6) is 0 Å². The van der Waals surface area contributed by atoms with Crippen LogP contribution in [0.3, 0.4) is 0 Å². The van der Waals surface area contributed by atoms with E-state index in [1.165, 1.54) is 0 Å². The Morgan fingerprint density at radius 2 is 0.597 bits per heavy atom. The second-order valence-corrected chi connectivity index (χ2v) is 30.4. The van der Waals surface area contributed by atoms with Crippen molar-refractivity contribution < 1.29 is 58.8 Å². The fraction of sp³-hybridized carbons (Fsp3) is 0.964. The highest BCUT2D eigenvalue weighted by molar-refractivity contribution is 5.85. The van der Waals surface area contributed by atoms with E-state index in [2.05, 4.69) is 111 Å². The Morgan fingerprint density at radius 3 is 0.819 bits per heavy atom. The molecule has 4 rings (SSSR count). The first kappa shape index (κ1) is 63.0. The van der Waals surface area contributed by atoms with Gasteiger partial charge in [-0.2, -0.15) is 20.3 Å². The van der Waals surface area contributed by atoms with Crippen LogP contribution >= 0.6 is 0 Å². The molecule has 0 amide bonds. The third kappa shape index (κ3) is 15.6. The van der Waals surface area contributed by atoms with E-state index in [0.717, 1.165) is 0 Å². The topological polar surface area (TPSA) is 183 Å². The smallest absolute Gasteiger partial charge is 0.313 e. The Kier molecular flexibility index (Phi) is 18.1. The molecule has 0 radical (unpaired) electrons. The molecule has 4 heterocycles. The highest BCUT2D eigenvalue weighted by Gasteiger charge is 2.65. The summed E-state index contributed by atoms with van der Waals surface area (Å²) in [4.78, 5) is 57.8. The van der Waals surface area contributed by atoms with Crippen LogP contribution in [0, 0.1) is 17.3 Å². The van der Waals surface area contributed by atoms with Crippen LogP contribution in [0.4, 0.5) is 0 Å². The molecule has 72 heavy (non-hydrogen) atoms. The van der Waals surface area contributed by atoms with Gasteiger partial charge in [0.25, 0.3) is 0 Å². The summed E-state index contributed by atoms with van der Waals surface area (Å²) in [7, 11) is 0. The highest BCUT2D eigenvalue weighted by atomic mass is 16.7. The van der Waals surface area contributed by atoms with E-state index >= 15 is 9.59 Å². The summed E-state index contributed by atoms with van der Waals surface area (Å²) in [6.45, 7) is 47.3. The summed E-state index contributed by atoms with van der Waals surface area (Å²) in [6, 6.07) is 0. The number of piperidine rings is 4. The third-order valence-corrected chi connectivity index (χ3v) is 15.3. The SMILES string of the molecule is CC(C)(O)CON1C(C)(C)CC(OC(=O)CC(C(=O)OC2CC(C)(C)N(OCC(C)(C)O)C(C)(C)C2)(C2CC(C)(C)N(OCC(C)(C)O)C(C)(C)C2)C2CC(C)(C)N(OCC(C)(C)O)C(C)(C)C2)CC1(C)C. The molecular weight excluding hydrogens is 921 g/mol. The van der Waals surface area contributed by atoms with Crippen LogP contribution in [0.2, 0.25) is 0 Å². The van der Waals surface area contributed by atoms with Crippen molar-refractivity contribution >= 4 is 11.9 Å². The molecule has 0 aromatic carbocycles. The lowest BCUT2D eigenvalue weighted by atomic mass is 9.52. The van der Waals surface area contributed by atoms with E-state index in [1.807, 2.05) is 20.3 Å². The highest BCUT2D eigenvalue weighted by Crippen LogP contribution is 2.59. The summed E-state index contributed by atoms with van der Waals surface area (Å²) in [5.74, 6) is -1.75. The monoisotopic (exact) mass is 1030 g/mol. The van der Waals surface area contributed by atoms with E-state index in [-0.39, 0.29) is 32.8 Å². The zero-order valence-corrected chi connectivity index (χ0v) is 49.8. The molecule has 4 saturated heterocycles. The lowest BCUT2D eigenvalue weighted by Gasteiger charge is -2.62. The molecular formula is C56H106N4O12.